The molecule has 3 aromatic carbocycles. The highest BCUT2D eigenvalue weighted by Crippen LogP contribution is 2.35. The van der Waals surface area contributed by atoms with Crippen molar-refractivity contribution in [1.82, 2.24) is 9.80 Å². The van der Waals surface area contributed by atoms with E-state index in [-0.39, 0.29) is 24.4 Å². The normalized spacial score (nSPS) is 16.7. The summed E-state index contributed by atoms with van der Waals surface area (Å²) in [7, 11) is 0. The Hall–Kier alpha value is -3.09. The molecule has 5 nitrogen and oxygen atoms in total. The molecular weight excluding hydrogens is 430 g/mol. The van der Waals surface area contributed by atoms with Crippen LogP contribution in [0.25, 0.3) is 0 Å². The van der Waals surface area contributed by atoms with Gasteiger partial charge in [0, 0.05) is 31.1 Å². The fraction of sp³-hybridized carbons (Fsp3) is 0.259. The number of nitrogens with zero attached hydrogens (tertiary/aromatic N) is 3. The second kappa shape index (κ2) is 9.81. The first kappa shape index (κ1) is 21.7. The van der Waals surface area contributed by atoms with Gasteiger partial charge in [-0.15, -0.1) is 11.8 Å². The van der Waals surface area contributed by atoms with Crippen LogP contribution in [0.2, 0.25) is 0 Å². The van der Waals surface area contributed by atoms with Crippen LogP contribution < -0.4 is 4.90 Å². The van der Waals surface area contributed by atoms with Gasteiger partial charge in [-0.3, -0.25) is 14.5 Å². The lowest BCUT2D eigenvalue weighted by Crippen LogP contribution is -2.53. The number of para-hydroxylation sites is 1. The zero-order chi connectivity index (χ0) is 22.6. The third-order valence-electron chi connectivity index (χ3n) is 6.36. The van der Waals surface area contributed by atoms with Crippen molar-refractivity contribution < 1.29 is 9.59 Å². The molecule has 3 aromatic rings. The van der Waals surface area contributed by atoms with Crippen LogP contribution in [0.15, 0.2) is 89.8 Å². The molecule has 0 atom stereocenters. The largest absolute Gasteiger partial charge is 0.339 e. The Morgan fingerprint density at radius 2 is 1.36 bits per heavy atom. The highest BCUT2D eigenvalue weighted by atomic mass is 32.2. The van der Waals surface area contributed by atoms with Gasteiger partial charge < -0.3 is 9.80 Å². The van der Waals surface area contributed by atoms with Crippen LogP contribution in [0.5, 0.6) is 0 Å². The minimum Gasteiger partial charge on any atom is -0.339 e. The molecule has 0 unspecified atom stereocenters. The summed E-state index contributed by atoms with van der Waals surface area (Å²) in [6.07, 6.45) is 0. The summed E-state index contributed by atoms with van der Waals surface area (Å²) in [6.45, 7) is 3.01. The van der Waals surface area contributed by atoms with Crippen LogP contribution in [-0.4, -0.2) is 60.1 Å². The first-order valence-electron chi connectivity index (χ1n) is 11.3. The van der Waals surface area contributed by atoms with Crippen molar-refractivity contribution in [3.63, 3.8) is 0 Å². The van der Waals surface area contributed by atoms with E-state index in [1.54, 1.807) is 4.90 Å². The van der Waals surface area contributed by atoms with E-state index < -0.39 is 0 Å². The SMILES string of the molecule is O=C(CN1C(=O)CSc2ccccc21)N1CCN(C(c2ccccc2)c2ccccc2)CC1. The number of carbonyl (C=O) groups is 2. The van der Waals surface area contributed by atoms with Gasteiger partial charge >= 0.3 is 0 Å². The summed E-state index contributed by atoms with van der Waals surface area (Å²) in [4.78, 5) is 32.8. The van der Waals surface area contributed by atoms with Gasteiger partial charge in [0.2, 0.25) is 11.8 Å². The molecule has 1 saturated heterocycles. The number of amides is 2. The predicted molar refractivity (Wildman–Crippen MR) is 132 cm³/mol. The van der Waals surface area contributed by atoms with Gasteiger partial charge in [-0.05, 0) is 23.3 Å². The van der Waals surface area contributed by atoms with Crippen molar-refractivity contribution >= 4 is 29.3 Å². The molecule has 0 bridgehead atoms. The van der Waals surface area contributed by atoms with Crippen molar-refractivity contribution in [3.05, 3.63) is 96.1 Å². The first-order valence-corrected chi connectivity index (χ1v) is 12.3. The van der Waals surface area contributed by atoms with Crippen molar-refractivity contribution in [2.75, 3.05) is 43.4 Å². The molecule has 0 radical (unpaired) electrons. The van der Waals surface area contributed by atoms with Crippen LogP contribution in [0, 0.1) is 0 Å². The van der Waals surface area contributed by atoms with E-state index >= 15 is 0 Å². The zero-order valence-corrected chi connectivity index (χ0v) is 19.3. The fourth-order valence-electron chi connectivity index (χ4n) is 4.68. The molecule has 0 saturated carbocycles. The lowest BCUT2D eigenvalue weighted by atomic mass is 9.96. The molecule has 0 N–H and O–H groups in total. The topological polar surface area (TPSA) is 43.9 Å². The molecular formula is C27H27N3O2S. The standard InChI is InChI=1S/C27H27N3O2S/c31-25(19-30-23-13-7-8-14-24(23)33-20-26(30)32)28-15-17-29(18-16-28)27(21-9-3-1-4-10-21)22-11-5-2-6-12-22/h1-14,27H,15-20H2. The monoisotopic (exact) mass is 457 g/mol. The zero-order valence-electron chi connectivity index (χ0n) is 18.5. The number of hydrogen-bond donors (Lipinski definition) is 0. The van der Waals surface area contributed by atoms with E-state index in [9.17, 15) is 9.59 Å². The first-order chi connectivity index (χ1) is 16.2. The Labute approximate surface area is 199 Å². The number of carbonyl (C=O) groups excluding carboxylic acids is 2. The molecule has 2 heterocycles. The maximum Gasteiger partial charge on any atom is 0.242 e. The third-order valence-corrected chi connectivity index (χ3v) is 7.41. The molecule has 1 fully saturated rings. The highest BCUT2D eigenvalue weighted by Gasteiger charge is 2.31. The summed E-state index contributed by atoms with van der Waals surface area (Å²) in [5, 5.41) is 0. The number of piperazine rings is 1. The van der Waals surface area contributed by atoms with E-state index in [4.69, 9.17) is 0 Å². The highest BCUT2D eigenvalue weighted by molar-refractivity contribution is 8.00. The van der Waals surface area contributed by atoms with Crippen LogP contribution in [0.4, 0.5) is 5.69 Å². The predicted octanol–water partition coefficient (Wildman–Crippen LogP) is 4.06. The Balaban J connectivity index is 1.28. The molecule has 6 heteroatoms. The van der Waals surface area contributed by atoms with Gasteiger partial charge in [0.1, 0.15) is 6.54 Å². The van der Waals surface area contributed by atoms with Crippen molar-refractivity contribution in [2.24, 2.45) is 0 Å². The van der Waals surface area contributed by atoms with Crippen LogP contribution >= 0.6 is 11.8 Å². The molecule has 0 aliphatic carbocycles. The number of thioether (sulfide) groups is 1. The van der Waals surface area contributed by atoms with E-state index in [1.807, 2.05) is 41.3 Å². The number of rotatable bonds is 5. The van der Waals surface area contributed by atoms with E-state index in [0.717, 1.165) is 23.7 Å². The Morgan fingerprint density at radius 1 is 0.788 bits per heavy atom. The average Bonchev–Trinajstić information content (AvgIpc) is 2.87. The Bertz CT molecular complexity index is 1070. The maximum absolute atomic E-state index is 13.1. The van der Waals surface area contributed by atoms with Gasteiger partial charge in [0.25, 0.3) is 0 Å². The molecule has 168 valence electrons. The quantitative estimate of drug-likeness (QED) is 0.580. The van der Waals surface area contributed by atoms with Gasteiger partial charge in [-0.2, -0.15) is 0 Å². The smallest absolute Gasteiger partial charge is 0.242 e. The van der Waals surface area contributed by atoms with Crippen molar-refractivity contribution in [2.45, 2.75) is 10.9 Å². The summed E-state index contributed by atoms with van der Waals surface area (Å²) in [6, 6.07) is 29.1. The van der Waals surface area contributed by atoms with Crippen molar-refractivity contribution in [3.8, 4) is 0 Å². The molecule has 5 rings (SSSR count). The summed E-state index contributed by atoms with van der Waals surface area (Å²) in [5.41, 5.74) is 3.37. The van der Waals surface area contributed by atoms with Gasteiger partial charge in [0.05, 0.1) is 17.5 Å². The Morgan fingerprint density at radius 3 is 2.00 bits per heavy atom. The number of anilines is 1. The van der Waals surface area contributed by atoms with Crippen LogP contribution in [-0.2, 0) is 9.59 Å². The molecule has 0 aromatic heterocycles. The molecule has 2 aliphatic heterocycles. The van der Waals surface area contributed by atoms with Gasteiger partial charge in [-0.1, -0.05) is 72.8 Å². The summed E-state index contributed by atoms with van der Waals surface area (Å²) >= 11 is 1.54. The van der Waals surface area contributed by atoms with Crippen molar-refractivity contribution in [1.29, 1.82) is 0 Å². The fourth-order valence-corrected chi connectivity index (χ4v) is 5.61. The Kier molecular flexibility index (Phi) is 6.46. The second-order valence-corrected chi connectivity index (χ2v) is 9.39. The number of hydrogen-bond acceptors (Lipinski definition) is 4. The van der Waals surface area contributed by atoms with Gasteiger partial charge in [-0.25, -0.2) is 0 Å². The van der Waals surface area contributed by atoms with E-state index in [1.165, 1.54) is 22.9 Å². The van der Waals surface area contributed by atoms with E-state index in [2.05, 4.69) is 53.4 Å². The average molecular weight is 458 g/mol. The molecule has 2 aliphatic rings. The van der Waals surface area contributed by atoms with E-state index in [0.29, 0.717) is 18.8 Å². The van der Waals surface area contributed by atoms with Crippen LogP contribution in [0.1, 0.15) is 17.2 Å². The number of benzene rings is 3. The molecule has 0 spiro atoms. The minimum absolute atomic E-state index is 0.00101. The molecule has 33 heavy (non-hydrogen) atoms. The second-order valence-electron chi connectivity index (χ2n) is 8.38. The minimum atomic E-state index is -0.00101. The van der Waals surface area contributed by atoms with Gasteiger partial charge in [0.15, 0.2) is 0 Å². The third kappa shape index (κ3) is 4.68. The van der Waals surface area contributed by atoms with Crippen LogP contribution in [0.3, 0.4) is 0 Å². The maximum atomic E-state index is 13.1. The summed E-state index contributed by atoms with van der Waals surface area (Å²) in [5.74, 6) is 0.396. The summed E-state index contributed by atoms with van der Waals surface area (Å²) < 4.78 is 0. The lowest BCUT2D eigenvalue weighted by Gasteiger charge is -2.40. The lowest BCUT2D eigenvalue weighted by molar-refractivity contribution is -0.133. The molecule has 2 amide bonds. The number of fused-ring (bicyclic) bond motifs is 1.